The Balaban J connectivity index is 2.74. The molecule has 1 N–H and O–H groups in total. The Labute approximate surface area is 70.6 Å². The van der Waals surface area contributed by atoms with E-state index in [1.807, 2.05) is 17.7 Å². The molecule has 1 atom stereocenters. The molecule has 0 saturated carbocycles. The fourth-order valence-corrected chi connectivity index (χ4v) is 0.901. The molecular weight excluding hydrogens is 119 g/mol. The summed E-state index contributed by atoms with van der Waals surface area (Å²) in [5.74, 6) is 0.588. The van der Waals surface area contributed by atoms with Gasteiger partial charge < -0.3 is 0 Å². The second kappa shape index (κ2) is 3.27. The van der Waals surface area contributed by atoms with E-state index in [0.29, 0.717) is 5.92 Å². The molecule has 1 rings (SSSR count). The van der Waals surface area contributed by atoms with Crippen molar-refractivity contribution in [2.75, 3.05) is 0 Å². The molecule has 50 valence electrons. The second-order valence-electron chi connectivity index (χ2n) is 2.79. The average molecular weight is 130 g/mol. The summed E-state index contributed by atoms with van der Waals surface area (Å²) in [6.45, 7) is 4.37. The Kier molecular flexibility index (Phi) is 2.59. The Morgan fingerprint density at radius 1 is 1.80 bits per heavy atom. The maximum atomic E-state index is 4.16. The van der Waals surface area contributed by atoms with Gasteiger partial charge in [-0.05, 0) is 0 Å². The van der Waals surface area contributed by atoms with E-state index in [1.54, 1.807) is 0 Å². The van der Waals surface area contributed by atoms with Crippen LogP contribution in [0.3, 0.4) is 0 Å². The molecule has 10 heavy (non-hydrogen) atoms. The van der Waals surface area contributed by atoms with Crippen molar-refractivity contribution in [3.05, 3.63) is 11.8 Å². The molecule has 0 amide bonds. The van der Waals surface area contributed by atoms with E-state index in [9.17, 15) is 0 Å². The van der Waals surface area contributed by atoms with Gasteiger partial charge in [-0.25, -0.2) is 0 Å². The molecule has 1 aromatic heterocycles. The van der Waals surface area contributed by atoms with Crippen LogP contribution in [-0.4, -0.2) is 27.9 Å². The number of nitrogens with one attached hydrogen (secondary N) is 1. The van der Waals surface area contributed by atoms with Gasteiger partial charge >= 0.3 is 70.2 Å². The third-order valence-corrected chi connectivity index (χ3v) is 1.84. The minimum atomic E-state index is 0.588. The van der Waals surface area contributed by atoms with Gasteiger partial charge in [-0.2, -0.15) is 0 Å². The zero-order valence-corrected chi connectivity index (χ0v) is 6.81. The molecule has 0 bridgehead atoms. The molecule has 3 heteroatoms. The molecule has 1 heterocycles. The van der Waals surface area contributed by atoms with Gasteiger partial charge in [0, 0.05) is 0 Å². The van der Waals surface area contributed by atoms with Gasteiger partial charge in [-0.3, -0.25) is 0 Å². The monoisotopic (exact) mass is 130 g/mol. The Hall–Kier alpha value is -0.193. The Morgan fingerprint density at radius 3 is 2.90 bits per heavy atom. The van der Waals surface area contributed by atoms with Gasteiger partial charge in [0.25, 0.3) is 0 Å². The Morgan fingerprint density at radius 2 is 2.50 bits per heavy atom. The number of aromatic amines is 1. The van der Waals surface area contributed by atoms with Crippen LogP contribution in [0, 0.1) is 0 Å². The predicted molar refractivity (Wildman–Crippen MR) is 42.7 cm³/mol. The summed E-state index contributed by atoms with van der Waals surface area (Å²) in [6, 6.07) is 2.11. The van der Waals surface area contributed by atoms with E-state index in [2.05, 4.69) is 30.1 Å². The van der Waals surface area contributed by atoms with Crippen LogP contribution in [0.25, 0.3) is 0 Å². The quantitative estimate of drug-likeness (QED) is 0.587. The summed E-state index contributed by atoms with van der Waals surface area (Å²) in [7, 11) is 0. The fourth-order valence-electron chi connectivity index (χ4n) is 0.901. The molecule has 0 saturated heterocycles. The van der Waals surface area contributed by atoms with E-state index >= 15 is 0 Å². The van der Waals surface area contributed by atoms with Crippen molar-refractivity contribution < 1.29 is 0 Å². The fraction of sp³-hybridized carbons (Fsp3) is 0.571. The first kappa shape index (κ1) is 7.91. The van der Waals surface area contributed by atoms with Crippen LogP contribution in [0.5, 0.6) is 0 Å². The van der Waals surface area contributed by atoms with Crippen LogP contribution in [0.2, 0.25) is 0 Å². The van der Waals surface area contributed by atoms with Crippen LogP contribution >= 0.6 is 0 Å². The summed E-state index contributed by atoms with van der Waals surface area (Å²) in [4.78, 5) is 0. The zero-order valence-electron chi connectivity index (χ0n) is 6.81. The first-order valence-electron chi connectivity index (χ1n) is 3.76. The predicted octanol–water partition coefficient (Wildman–Crippen LogP) is 0.717. The maximum absolute atomic E-state index is 4.16. The van der Waals surface area contributed by atoms with Crippen molar-refractivity contribution in [3.8, 4) is 0 Å². The van der Waals surface area contributed by atoms with Crippen LogP contribution in [0.4, 0.5) is 0 Å². The van der Waals surface area contributed by atoms with E-state index in [1.165, 1.54) is 5.69 Å². The SMILES string of the molecule is [Li][c]1cc(C(C)CC)n[nH]1. The summed E-state index contributed by atoms with van der Waals surface area (Å²) >= 11 is 2.03. The summed E-state index contributed by atoms with van der Waals surface area (Å²) in [6.07, 6.45) is 1.16. The first-order chi connectivity index (χ1) is 4.74. The van der Waals surface area contributed by atoms with Crippen LogP contribution in [0.15, 0.2) is 6.07 Å². The molecule has 0 aliphatic rings. The number of H-pyrrole nitrogens is 1. The Bertz CT molecular complexity index is 207. The van der Waals surface area contributed by atoms with Crippen LogP contribution in [-0.2, 0) is 0 Å². The van der Waals surface area contributed by atoms with Gasteiger partial charge in [0.05, 0.1) is 0 Å². The molecule has 0 aliphatic heterocycles. The third kappa shape index (κ3) is 1.65. The van der Waals surface area contributed by atoms with Crippen molar-refractivity contribution in [2.45, 2.75) is 26.2 Å². The van der Waals surface area contributed by atoms with Gasteiger partial charge in [0.2, 0.25) is 0 Å². The number of nitrogens with zero attached hydrogens (tertiary/aromatic N) is 1. The second-order valence-corrected chi connectivity index (χ2v) is 2.79. The molecule has 0 radical (unpaired) electrons. The molecule has 1 aromatic rings. The summed E-state index contributed by atoms with van der Waals surface area (Å²) in [5.41, 5.74) is 1.18. The van der Waals surface area contributed by atoms with Gasteiger partial charge in [0.15, 0.2) is 0 Å². The number of rotatable bonds is 2. The molecule has 0 fully saturated rings. The zero-order chi connectivity index (χ0) is 7.56. The van der Waals surface area contributed by atoms with Crippen molar-refractivity contribution in [1.29, 1.82) is 0 Å². The molecule has 0 aliphatic carbocycles. The van der Waals surface area contributed by atoms with Crippen LogP contribution in [0.1, 0.15) is 31.9 Å². The van der Waals surface area contributed by atoms with Crippen molar-refractivity contribution in [1.82, 2.24) is 10.2 Å². The third-order valence-electron chi connectivity index (χ3n) is 1.84. The van der Waals surface area contributed by atoms with Crippen molar-refractivity contribution >= 4 is 22.1 Å². The van der Waals surface area contributed by atoms with Gasteiger partial charge in [0.1, 0.15) is 0 Å². The van der Waals surface area contributed by atoms with E-state index in [-0.39, 0.29) is 0 Å². The van der Waals surface area contributed by atoms with Crippen LogP contribution < -0.4 is 4.37 Å². The number of hydrogen-bond donors (Lipinski definition) is 1. The summed E-state index contributed by atoms with van der Waals surface area (Å²) in [5, 5.41) is 7.10. The van der Waals surface area contributed by atoms with E-state index in [4.69, 9.17) is 0 Å². The molecule has 0 spiro atoms. The average Bonchev–Trinajstić information content (AvgIpc) is 2.34. The van der Waals surface area contributed by atoms with Gasteiger partial charge in [-0.15, -0.1) is 0 Å². The molecule has 1 unspecified atom stereocenters. The summed E-state index contributed by atoms with van der Waals surface area (Å²) < 4.78 is 1.15. The number of hydrogen-bond acceptors (Lipinski definition) is 1. The van der Waals surface area contributed by atoms with Crippen molar-refractivity contribution in [3.63, 3.8) is 0 Å². The molecule has 2 nitrogen and oxygen atoms in total. The normalized spacial score (nSPS) is 13.6. The minimum absolute atomic E-state index is 0.588. The number of aromatic nitrogens is 2. The van der Waals surface area contributed by atoms with E-state index in [0.717, 1.165) is 10.8 Å². The van der Waals surface area contributed by atoms with Gasteiger partial charge in [-0.1, -0.05) is 0 Å². The van der Waals surface area contributed by atoms with Crippen molar-refractivity contribution in [2.24, 2.45) is 0 Å². The molecular formula is C7H11LiN2. The standard InChI is InChI=1S/C7H11N2.Li/c1-3-6(2)7-4-5-8-9-7;/h4,6H,3H2,1-2H3,(H,8,9);. The molecule has 0 aromatic carbocycles. The van der Waals surface area contributed by atoms with E-state index < -0.39 is 0 Å². The first-order valence-corrected chi connectivity index (χ1v) is 3.76. The topological polar surface area (TPSA) is 28.7 Å².